The fraction of sp³-hybridized carbons (Fsp3) is 0.944. The van der Waals surface area contributed by atoms with E-state index in [0.717, 1.165) is 32.1 Å². The summed E-state index contributed by atoms with van der Waals surface area (Å²) < 4.78 is 11.4. The quantitative estimate of drug-likeness (QED) is 0.782. The van der Waals surface area contributed by atoms with Crippen LogP contribution in [-0.4, -0.2) is 49.3 Å². The Balaban J connectivity index is 2.07. The van der Waals surface area contributed by atoms with Gasteiger partial charge in [-0.25, -0.2) is 0 Å². The first kappa shape index (κ1) is 17.7. The van der Waals surface area contributed by atoms with Gasteiger partial charge >= 0.3 is 0 Å². The molecule has 1 heterocycles. The maximum Gasteiger partial charge on any atom is 0.225 e. The van der Waals surface area contributed by atoms with Crippen LogP contribution in [0.2, 0.25) is 0 Å². The molecule has 1 aliphatic carbocycles. The van der Waals surface area contributed by atoms with Crippen LogP contribution in [0.5, 0.6) is 0 Å². The van der Waals surface area contributed by atoms with Crippen LogP contribution in [0, 0.1) is 11.3 Å². The Hall–Kier alpha value is -0.610. The van der Waals surface area contributed by atoms with Crippen LogP contribution in [0.1, 0.15) is 59.8 Å². The zero-order chi connectivity index (χ0) is 16.5. The Kier molecular flexibility index (Phi) is 5.54. The molecule has 2 fully saturated rings. The molecule has 0 spiro atoms. The second-order valence-electron chi connectivity index (χ2n) is 7.29. The summed E-state index contributed by atoms with van der Waals surface area (Å²) in [6.07, 6.45) is 5.43. The van der Waals surface area contributed by atoms with Crippen molar-refractivity contribution < 1.29 is 14.3 Å². The minimum atomic E-state index is 0.108. The number of methoxy groups -OCH3 is 1. The van der Waals surface area contributed by atoms with Crippen LogP contribution in [0.15, 0.2) is 0 Å². The molecule has 1 aliphatic heterocycles. The topological polar surface area (TPSA) is 38.8 Å². The van der Waals surface area contributed by atoms with Gasteiger partial charge in [-0.1, -0.05) is 13.8 Å². The monoisotopic (exact) mass is 311 g/mol. The fourth-order valence-corrected chi connectivity index (χ4v) is 4.83. The number of carbonyl (C=O) groups excluding carboxylic acids is 1. The Morgan fingerprint density at radius 2 is 1.73 bits per heavy atom. The second kappa shape index (κ2) is 6.88. The van der Waals surface area contributed by atoms with E-state index in [-0.39, 0.29) is 29.6 Å². The smallest absolute Gasteiger partial charge is 0.225 e. The zero-order valence-electron chi connectivity index (χ0n) is 15.1. The fourth-order valence-electron chi connectivity index (χ4n) is 4.83. The van der Waals surface area contributed by atoms with E-state index in [4.69, 9.17) is 9.47 Å². The van der Waals surface area contributed by atoms with Crippen molar-refractivity contribution in [2.75, 3.05) is 14.2 Å². The van der Waals surface area contributed by atoms with Crippen molar-refractivity contribution in [2.24, 2.45) is 11.3 Å². The summed E-state index contributed by atoms with van der Waals surface area (Å²) in [6, 6.07) is 0.313. The van der Waals surface area contributed by atoms with Gasteiger partial charge in [0.15, 0.2) is 0 Å². The highest BCUT2D eigenvalue weighted by Gasteiger charge is 2.56. The van der Waals surface area contributed by atoms with Gasteiger partial charge in [-0.3, -0.25) is 4.79 Å². The molecule has 2 aliphatic rings. The van der Waals surface area contributed by atoms with Gasteiger partial charge in [-0.2, -0.15) is 0 Å². The molecule has 128 valence electrons. The van der Waals surface area contributed by atoms with E-state index in [1.165, 1.54) is 0 Å². The SMILES string of the molecule is CCC1(CC)C(OC)CC1N(C)C(=O)C1CC(C)OC(C)C1. The lowest BCUT2D eigenvalue weighted by molar-refractivity contribution is -0.176. The minimum Gasteiger partial charge on any atom is -0.381 e. The van der Waals surface area contributed by atoms with E-state index >= 15 is 0 Å². The Bertz CT molecular complexity index is 384. The van der Waals surface area contributed by atoms with Crippen LogP contribution in [0.4, 0.5) is 0 Å². The van der Waals surface area contributed by atoms with Crippen molar-refractivity contribution in [3.05, 3.63) is 0 Å². The maximum absolute atomic E-state index is 13.0. The van der Waals surface area contributed by atoms with Gasteiger partial charge in [-0.15, -0.1) is 0 Å². The molecule has 0 radical (unpaired) electrons. The van der Waals surface area contributed by atoms with Crippen molar-refractivity contribution >= 4 is 5.91 Å². The van der Waals surface area contributed by atoms with Crippen molar-refractivity contribution in [1.82, 2.24) is 4.90 Å². The normalized spacial score (nSPS) is 37.5. The lowest BCUT2D eigenvalue weighted by Crippen LogP contribution is -2.65. The standard InChI is InChI=1S/C18H33NO3/c1-7-18(8-2)15(11-16(18)21-6)19(5)17(20)14-9-12(3)22-13(4)10-14/h12-16H,7-11H2,1-6H3. The van der Waals surface area contributed by atoms with Crippen LogP contribution in [0.25, 0.3) is 0 Å². The largest absolute Gasteiger partial charge is 0.381 e. The third kappa shape index (κ3) is 2.92. The lowest BCUT2D eigenvalue weighted by atomic mass is 9.58. The number of rotatable bonds is 5. The summed E-state index contributed by atoms with van der Waals surface area (Å²) in [5.74, 6) is 0.407. The molecule has 1 saturated heterocycles. The number of ether oxygens (including phenoxy) is 2. The van der Waals surface area contributed by atoms with E-state index in [1.54, 1.807) is 7.11 Å². The maximum atomic E-state index is 13.0. The molecule has 1 amide bonds. The molecule has 0 N–H and O–H groups in total. The third-order valence-electron chi connectivity index (χ3n) is 6.21. The molecule has 1 saturated carbocycles. The number of hydrogen-bond donors (Lipinski definition) is 0. The number of nitrogens with zero attached hydrogens (tertiary/aromatic N) is 1. The van der Waals surface area contributed by atoms with Crippen molar-refractivity contribution in [2.45, 2.75) is 84.2 Å². The highest BCUT2D eigenvalue weighted by Crippen LogP contribution is 2.51. The van der Waals surface area contributed by atoms with E-state index in [9.17, 15) is 4.79 Å². The van der Waals surface area contributed by atoms with Crippen LogP contribution in [-0.2, 0) is 14.3 Å². The van der Waals surface area contributed by atoms with Crippen molar-refractivity contribution in [3.8, 4) is 0 Å². The van der Waals surface area contributed by atoms with Crippen LogP contribution >= 0.6 is 0 Å². The average molecular weight is 311 g/mol. The van der Waals surface area contributed by atoms with E-state index in [0.29, 0.717) is 11.9 Å². The lowest BCUT2D eigenvalue weighted by Gasteiger charge is -2.58. The second-order valence-corrected chi connectivity index (χ2v) is 7.29. The Labute approximate surface area is 135 Å². The average Bonchev–Trinajstić information content (AvgIpc) is 2.46. The number of hydrogen-bond acceptors (Lipinski definition) is 3. The van der Waals surface area contributed by atoms with Gasteiger partial charge in [0.1, 0.15) is 0 Å². The molecule has 0 aromatic rings. The molecule has 2 rings (SSSR count). The molecule has 4 atom stereocenters. The Morgan fingerprint density at radius 3 is 2.18 bits per heavy atom. The summed E-state index contributed by atoms with van der Waals surface area (Å²) >= 11 is 0. The van der Waals surface area contributed by atoms with Gasteiger partial charge in [0.2, 0.25) is 5.91 Å². The third-order valence-corrected chi connectivity index (χ3v) is 6.21. The summed E-state index contributed by atoms with van der Waals surface area (Å²) in [6.45, 7) is 8.59. The first-order valence-corrected chi connectivity index (χ1v) is 8.84. The molecule has 0 aromatic carbocycles. The van der Waals surface area contributed by atoms with Crippen molar-refractivity contribution in [1.29, 1.82) is 0 Å². The van der Waals surface area contributed by atoms with E-state index in [2.05, 4.69) is 27.7 Å². The van der Waals surface area contributed by atoms with Gasteiger partial charge in [-0.05, 0) is 46.0 Å². The summed E-state index contributed by atoms with van der Waals surface area (Å²) in [5.41, 5.74) is 0.127. The minimum absolute atomic E-state index is 0.108. The van der Waals surface area contributed by atoms with Gasteiger partial charge in [0.25, 0.3) is 0 Å². The molecule has 4 heteroatoms. The molecule has 22 heavy (non-hydrogen) atoms. The molecular formula is C18H33NO3. The molecular weight excluding hydrogens is 278 g/mol. The highest BCUT2D eigenvalue weighted by atomic mass is 16.5. The van der Waals surface area contributed by atoms with Crippen molar-refractivity contribution in [3.63, 3.8) is 0 Å². The highest BCUT2D eigenvalue weighted by molar-refractivity contribution is 5.79. The molecule has 4 unspecified atom stereocenters. The number of carbonyl (C=O) groups is 1. The van der Waals surface area contributed by atoms with Crippen LogP contribution in [0.3, 0.4) is 0 Å². The summed E-state index contributed by atoms with van der Waals surface area (Å²) in [7, 11) is 3.79. The molecule has 0 aromatic heterocycles. The summed E-state index contributed by atoms with van der Waals surface area (Å²) in [4.78, 5) is 15.0. The van der Waals surface area contributed by atoms with Gasteiger partial charge in [0, 0.05) is 31.5 Å². The Morgan fingerprint density at radius 1 is 1.18 bits per heavy atom. The van der Waals surface area contributed by atoms with E-state index < -0.39 is 0 Å². The predicted molar refractivity (Wildman–Crippen MR) is 87.7 cm³/mol. The van der Waals surface area contributed by atoms with Gasteiger partial charge in [0.05, 0.1) is 18.3 Å². The van der Waals surface area contributed by atoms with E-state index in [1.807, 2.05) is 11.9 Å². The molecule has 0 bridgehead atoms. The molecule has 4 nitrogen and oxygen atoms in total. The predicted octanol–water partition coefficient (Wildman–Crippen LogP) is 3.24. The number of amides is 1. The van der Waals surface area contributed by atoms with Gasteiger partial charge < -0.3 is 14.4 Å². The zero-order valence-corrected chi connectivity index (χ0v) is 15.1. The first-order chi connectivity index (χ1) is 10.4. The summed E-state index contributed by atoms with van der Waals surface area (Å²) in [5, 5.41) is 0. The van der Waals surface area contributed by atoms with Crippen LogP contribution < -0.4 is 0 Å². The first-order valence-electron chi connectivity index (χ1n) is 8.84.